The second-order valence-electron chi connectivity index (χ2n) is 13.2. The average molecular weight is 827 g/mol. The molecule has 57 heavy (non-hydrogen) atoms. The van der Waals surface area contributed by atoms with Crippen molar-refractivity contribution < 1.29 is 61.6 Å². The Labute approximate surface area is 339 Å². The van der Waals surface area contributed by atoms with Crippen molar-refractivity contribution in [1.29, 1.82) is 0 Å². The number of ether oxygens (including phenoxy) is 6. The first kappa shape index (κ1) is 53.7. The van der Waals surface area contributed by atoms with E-state index in [9.17, 15) is 28.6 Å². The lowest BCUT2D eigenvalue weighted by molar-refractivity contribution is -0.200. The van der Waals surface area contributed by atoms with E-state index in [1.54, 1.807) is 0 Å². The number of terminal acetylenes is 3. The van der Waals surface area contributed by atoms with E-state index in [2.05, 4.69) is 33.7 Å². The second kappa shape index (κ2) is 35.8. The van der Waals surface area contributed by atoms with Gasteiger partial charge in [0.15, 0.2) is 0 Å². The average Bonchev–Trinajstić information content (AvgIpc) is 3.18. The fourth-order valence-corrected chi connectivity index (χ4v) is 5.67. The van der Waals surface area contributed by atoms with E-state index in [0.29, 0.717) is 65.5 Å². The summed E-state index contributed by atoms with van der Waals surface area (Å²) >= 11 is 0. The van der Waals surface area contributed by atoms with Crippen LogP contribution in [0.2, 0.25) is 0 Å². The van der Waals surface area contributed by atoms with Gasteiger partial charge in [-0.1, -0.05) is 31.6 Å². The van der Waals surface area contributed by atoms with Crippen LogP contribution in [0, 0.1) is 37.0 Å². The number of hydrogen-bond donors (Lipinski definition) is 3. The van der Waals surface area contributed by atoms with Crippen molar-refractivity contribution >= 4 is 31.1 Å². The molecule has 0 spiro atoms. The molecular formula is C40H65N3O13P-. The molecule has 0 rings (SSSR count). The minimum absolute atomic E-state index is 0.00558. The molecule has 0 aromatic carbocycles. The number of carbonyl (C=O) groups is 4. The van der Waals surface area contributed by atoms with Crippen LogP contribution in [0.3, 0.4) is 0 Å². The normalized spacial score (nSPS) is 12.2. The van der Waals surface area contributed by atoms with Gasteiger partial charge >= 0.3 is 0 Å². The molecule has 3 N–H and O–H groups in total. The summed E-state index contributed by atoms with van der Waals surface area (Å²) in [6.07, 6.45) is 17.4. The number of hydrogen-bond acceptors (Lipinski definition) is 13. The highest BCUT2D eigenvalue weighted by Crippen LogP contribution is 2.42. The van der Waals surface area contributed by atoms with Gasteiger partial charge in [-0.15, -0.1) is 19.3 Å². The van der Waals surface area contributed by atoms with Crippen LogP contribution < -0.4 is 20.8 Å². The zero-order chi connectivity index (χ0) is 42.5. The molecule has 0 radical (unpaired) electrons. The summed E-state index contributed by atoms with van der Waals surface area (Å²) in [5.41, 5.74) is -1.76. The molecule has 3 amide bonds. The summed E-state index contributed by atoms with van der Waals surface area (Å²) in [6.45, 7) is 6.80. The minimum atomic E-state index is -3.99. The number of rotatable bonds is 39. The summed E-state index contributed by atoms with van der Waals surface area (Å²) in [5.74, 6) is 6.08. The fraction of sp³-hybridized carbons (Fsp3) is 0.750. The predicted octanol–water partition coefficient (Wildman–Crippen LogP) is 1.91. The Morgan fingerprint density at radius 2 is 1.04 bits per heavy atom. The van der Waals surface area contributed by atoms with E-state index in [1.165, 1.54) is 13.8 Å². The SMILES string of the molecule is C#CCOCCOCCCC(=O)CCC(CCC(=O)NCCOCCOCC#C)(CCC(=O)NCCOCCOCC#C)NC(=O)CCCCOP(=O)([O-])C(C)C. The molecule has 0 heterocycles. The van der Waals surface area contributed by atoms with Crippen molar-refractivity contribution in [2.45, 2.75) is 95.7 Å². The standard InChI is InChI=1S/C40H66N3O13P/c1-6-22-50-29-32-53-25-11-12-36(44)14-17-40(18-15-37(45)41-20-27-54-33-30-51-23-7-2,19-16-38(46)42-21-28-55-34-31-52-24-8-3)43-39(47)13-9-10-26-56-57(48,49)35(4)5/h1-3,35H,9-34H2,4-5H3,(H,41,45)(H,42,46)(H,43,47)(H,48,49)/p-1. The van der Waals surface area contributed by atoms with E-state index in [0.717, 1.165) is 0 Å². The molecule has 0 aromatic heterocycles. The molecule has 0 saturated heterocycles. The summed E-state index contributed by atoms with van der Waals surface area (Å²) in [6, 6.07) is 0. The molecule has 324 valence electrons. The van der Waals surface area contributed by atoms with E-state index in [-0.39, 0.29) is 128 Å². The zero-order valence-corrected chi connectivity index (χ0v) is 34.8. The third-order valence-electron chi connectivity index (χ3n) is 8.20. The van der Waals surface area contributed by atoms with Gasteiger partial charge in [-0.05, 0) is 38.5 Å². The monoisotopic (exact) mass is 826 g/mol. The van der Waals surface area contributed by atoms with Crippen LogP contribution in [-0.4, -0.2) is 134 Å². The Balaban J connectivity index is 5.62. The van der Waals surface area contributed by atoms with E-state index in [1.807, 2.05) is 0 Å². The number of amides is 3. The van der Waals surface area contributed by atoms with Gasteiger partial charge in [0.05, 0.1) is 59.5 Å². The van der Waals surface area contributed by atoms with Gasteiger partial charge in [0, 0.05) is 63.0 Å². The Morgan fingerprint density at radius 3 is 1.51 bits per heavy atom. The van der Waals surface area contributed by atoms with Crippen LogP contribution in [0.4, 0.5) is 0 Å². The lowest BCUT2D eigenvalue weighted by Crippen LogP contribution is -2.50. The lowest BCUT2D eigenvalue weighted by atomic mass is 9.82. The van der Waals surface area contributed by atoms with Gasteiger partial charge < -0.3 is 58.4 Å². The Hall–Kier alpha value is -3.33. The fourth-order valence-electron chi connectivity index (χ4n) is 4.98. The number of unbranched alkanes of at least 4 members (excludes halogenated alkanes) is 1. The topological polar surface area (TPSA) is 209 Å². The maximum Gasteiger partial charge on any atom is 0.220 e. The smallest absolute Gasteiger partial charge is 0.220 e. The number of carbonyl (C=O) groups excluding carboxylic acids is 4. The highest BCUT2D eigenvalue weighted by molar-refractivity contribution is 7.52. The molecule has 1 atom stereocenters. The van der Waals surface area contributed by atoms with Crippen molar-refractivity contribution in [3.05, 3.63) is 0 Å². The first-order valence-electron chi connectivity index (χ1n) is 19.5. The molecule has 0 saturated carbocycles. The molecule has 16 nitrogen and oxygen atoms in total. The van der Waals surface area contributed by atoms with Gasteiger partial charge in [0.25, 0.3) is 0 Å². The van der Waals surface area contributed by atoms with Gasteiger partial charge in [-0.2, -0.15) is 0 Å². The van der Waals surface area contributed by atoms with Gasteiger partial charge in [0.2, 0.25) is 17.7 Å². The predicted molar refractivity (Wildman–Crippen MR) is 213 cm³/mol. The molecule has 0 bridgehead atoms. The molecule has 0 fully saturated rings. The Morgan fingerprint density at radius 1 is 0.579 bits per heavy atom. The summed E-state index contributed by atoms with van der Waals surface area (Å²) in [4.78, 5) is 64.4. The van der Waals surface area contributed by atoms with Crippen LogP contribution in [0.15, 0.2) is 0 Å². The highest BCUT2D eigenvalue weighted by atomic mass is 31.2. The molecule has 0 aliphatic heterocycles. The third-order valence-corrected chi connectivity index (χ3v) is 10.0. The summed E-state index contributed by atoms with van der Waals surface area (Å²) in [7, 11) is -3.99. The van der Waals surface area contributed by atoms with Crippen LogP contribution in [0.1, 0.15) is 84.5 Å². The minimum Gasteiger partial charge on any atom is -0.778 e. The van der Waals surface area contributed by atoms with Crippen molar-refractivity contribution in [1.82, 2.24) is 16.0 Å². The largest absolute Gasteiger partial charge is 0.778 e. The molecule has 0 aliphatic carbocycles. The van der Waals surface area contributed by atoms with E-state index >= 15 is 0 Å². The van der Waals surface area contributed by atoms with E-state index in [4.69, 9.17) is 52.2 Å². The van der Waals surface area contributed by atoms with Crippen molar-refractivity contribution in [2.75, 3.05) is 99.0 Å². The van der Waals surface area contributed by atoms with Crippen LogP contribution in [-0.2, 0) is 56.7 Å². The quantitative estimate of drug-likeness (QED) is 0.0461. The molecule has 1 unspecified atom stereocenters. The number of nitrogens with one attached hydrogen (secondary N) is 3. The van der Waals surface area contributed by atoms with Crippen LogP contribution in [0.5, 0.6) is 0 Å². The number of Topliss-reactive ketones (excluding diaryl/α,β-unsaturated/α-hetero) is 1. The van der Waals surface area contributed by atoms with Gasteiger partial charge in [-0.3, -0.25) is 19.2 Å². The maximum absolute atomic E-state index is 13.4. The van der Waals surface area contributed by atoms with Gasteiger partial charge in [-0.25, -0.2) is 0 Å². The molecule has 0 aliphatic rings. The van der Waals surface area contributed by atoms with Crippen molar-refractivity contribution in [2.24, 2.45) is 0 Å². The molecule has 17 heteroatoms. The van der Waals surface area contributed by atoms with Crippen LogP contribution in [0.25, 0.3) is 0 Å². The summed E-state index contributed by atoms with van der Waals surface area (Å²) in [5, 5.41) is 8.65. The van der Waals surface area contributed by atoms with Crippen molar-refractivity contribution in [3.8, 4) is 37.0 Å². The summed E-state index contributed by atoms with van der Waals surface area (Å²) < 4.78 is 49.0. The highest BCUT2D eigenvalue weighted by Gasteiger charge is 2.33. The first-order valence-corrected chi connectivity index (χ1v) is 21.1. The van der Waals surface area contributed by atoms with Crippen LogP contribution >= 0.6 is 7.60 Å². The molecular weight excluding hydrogens is 761 g/mol. The zero-order valence-electron chi connectivity index (χ0n) is 33.9. The maximum atomic E-state index is 13.4. The number of ketones is 1. The second-order valence-corrected chi connectivity index (χ2v) is 15.6. The first-order chi connectivity index (χ1) is 27.4. The Kier molecular flexibility index (Phi) is 33.7. The third kappa shape index (κ3) is 32.3. The Bertz CT molecular complexity index is 1180. The molecule has 0 aromatic rings. The lowest BCUT2D eigenvalue weighted by Gasteiger charge is -2.35. The van der Waals surface area contributed by atoms with E-state index < -0.39 is 18.8 Å². The van der Waals surface area contributed by atoms with Gasteiger partial charge in [0.1, 0.15) is 33.2 Å². The van der Waals surface area contributed by atoms with Crippen molar-refractivity contribution in [3.63, 3.8) is 0 Å².